The number of carboxylic acid groups (broad SMARTS) is 1. The van der Waals surface area contributed by atoms with Crippen molar-refractivity contribution >= 4 is 11.9 Å². The zero-order valence-corrected chi connectivity index (χ0v) is 7.60. The van der Waals surface area contributed by atoms with Crippen molar-refractivity contribution in [2.45, 2.75) is 6.92 Å². The van der Waals surface area contributed by atoms with E-state index in [1.54, 1.807) is 12.1 Å². The minimum absolute atomic E-state index is 0.274. The van der Waals surface area contributed by atoms with Crippen LogP contribution in [0.2, 0.25) is 0 Å². The van der Waals surface area contributed by atoms with E-state index in [4.69, 9.17) is 15.6 Å². The quantitative estimate of drug-likeness (QED) is 0.484. The van der Waals surface area contributed by atoms with Crippen LogP contribution in [-0.4, -0.2) is 35.0 Å². The lowest BCUT2D eigenvalue weighted by Gasteiger charge is -2.17. The van der Waals surface area contributed by atoms with Crippen LogP contribution >= 0.6 is 0 Å². The van der Waals surface area contributed by atoms with Crippen LogP contribution in [0.5, 0.6) is 0 Å². The zero-order valence-electron chi connectivity index (χ0n) is 7.60. The molecule has 0 aromatic rings. The number of carbonyl (C=O) groups is 2. The second-order valence-corrected chi connectivity index (χ2v) is 2.57. The van der Waals surface area contributed by atoms with Gasteiger partial charge in [0.05, 0.1) is 12.1 Å². The van der Waals surface area contributed by atoms with E-state index < -0.39 is 17.8 Å². The molecule has 0 aliphatic heterocycles. The van der Waals surface area contributed by atoms with Crippen LogP contribution in [0.3, 0.4) is 0 Å². The molecule has 0 spiro atoms. The topological polar surface area (TPSA) is 105 Å². The van der Waals surface area contributed by atoms with Crippen molar-refractivity contribution in [3.8, 4) is 12.1 Å². The first-order valence-corrected chi connectivity index (χ1v) is 3.80. The molecule has 6 heteroatoms. The Bertz CT molecular complexity index is 297. The molecule has 0 aliphatic carbocycles. The van der Waals surface area contributed by atoms with E-state index in [9.17, 15) is 9.59 Å². The highest BCUT2D eigenvalue weighted by atomic mass is 16.4. The van der Waals surface area contributed by atoms with Crippen molar-refractivity contribution in [2.75, 3.05) is 13.1 Å². The van der Waals surface area contributed by atoms with Gasteiger partial charge in [-0.3, -0.25) is 9.59 Å². The van der Waals surface area contributed by atoms with Gasteiger partial charge in [0.25, 0.3) is 0 Å². The van der Waals surface area contributed by atoms with Gasteiger partial charge in [-0.1, -0.05) is 0 Å². The first-order valence-electron chi connectivity index (χ1n) is 3.80. The van der Waals surface area contributed by atoms with Crippen molar-refractivity contribution < 1.29 is 14.7 Å². The number of amides is 1. The molecule has 14 heavy (non-hydrogen) atoms. The monoisotopic (exact) mass is 195 g/mol. The Morgan fingerprint density at radius 1 is 1.36 bits per heavy atom. The van der Waals surface area contributed by atoms with Gasteiger partial charge in [-0.05, 0) is 6.92 Å². The SMILES string of the molecule is CC(C(=O)O)C(=O)N(CC#N)CC#N. The van der Waals surface area contributed by atoms with E-state index in [1.165, 1.54) is 6.92 Å². The van der Waals surface area contributed by atoms with Crippen LogP contribution < -0.4 is 0 Å². The van der Waals surface area contributed by atoms with Gasteiger partial charge < -0.3 is 10.0 Å². The fraction of sp³-hybridized carbons (Fsp3) is 0.500. The van der Waals surface area contributed by atoms with E-state index in [0.717, 1.165) is 4.90 Å². The maximum atomic E-state index is 11.3. The lowest BCUT2D eigenvalue weighted by Crippen LogP contribution is -2.38. The summed E-state index contributed by atoms with van der Waals surface area (Å²) in [4.78, 5) is 22.6. The van der Waals surface area contributed by atoms with Gasteiger partial charge in [-0.25, -0.2) is 0 Å². The van der Waals surface area contributed by atoms with Crippen LogP contribution in [0.4, 0.5) is 0 Å². The molecule has 0 heterocycles. The molecule has 1 N–H and O–H groups in total. The van der Waals surface area contributed by atoms with Crippen molar-refractivity contribution in [3.63, 3.8) is 0 Å². The molecule has 0 aromatic heterocycles. The molecule has 0 fully saturated rings. The molecule has 6 nitrogen and oxygen atoms in total. The van der Waals surface area contributed by atoms with Gasteiger partial charge in [0.2, 0.25) is 5.91 Å². The standard InChI is InChI=1S/C8H9N3O3/c1-6(8(13)14)7(12)11(4-2-9)5-3-10/h6H,4-5H2,1H3,(H,13,14). The van der Waals surface area contributed by atoms with Crippen LogP contribution in [0, 0.1) is 28.6 Å². The largest absolute Gasteiger partial charge is 0.481 e. The minimum atomic E-state index is -1.27. The predicted molar refractivity (Wildman–Crippen MR) is 44.6 cm³/mol. The fourth-order valence-electron chi connectivity index (χ4n) is 0.762. The molecule has 0 rings (SSSR count). The summed E-state index contributed by atoms with van der Waals surface area (Å²) in [6, 6.07) is 3.38. The maximum Gasteiger partial charge on any atom is 0.315 e. The van der Waals surface area contributed by atoms with E-state index in [-0.39, 0.29) is 13.1 Å². The Labute approximate surface area is 81.0 Å². The first kappa shape index (κ1) is 11.9. The summed E-state index contributed by atoms with van der Waals surface area (Å²) in [6.45, 7) is 0.667. The predicted octanol–water partition coefficient (Wildman–Crippen LogP) is -0.417. The molecule has 0 bridgehead atoms. The van der Waals surface area contributed by atoms with Gasteiger partial charge >= 0.3 is 5.97 Å². The second kappa shape index (κ2) is 5.55. The highest BCUT2D eigenvalue weighted by molar-refractivity contribution is 5.96. The fourth-order valence-corrected chi connectivity index (χ4v) is 0.762. The summed E-state index contributed by atoms with van der Waals surface area (Å²) in [5, 5.41) is 25.2. The highest BCUT2D eigenvalue weighted by Crippen LogP contribution is 2.02. The third-order valence-corrected chi connectivity index (χ3v) is 1.58. The third-order valence-electron chi connectivity index (χ3n) is 1.58. The van der Waals surface area contributed by atoms with Crippen LogP contribution in [-0.2, 0) is 9.59 Å². The van der Waals surface area contributed by atoms with E-state index >= 15 is 0 Å². The summed E-state index contributed by atoms with van der Waals surface area (Å²) >= 11 is 0. The number of nitriles is 2. The van der Waals surface area contributed by atoms with Gasteiger partial charge in [0.1, 0.15) is 19.0 Å². The molecule has 1 amide bonds. The van der Waals surface area contributed by atoms with Crippen molar-refractivity contribution in [2.24, 2.45) is 5.92 Å². The molecule has 0 saturated heterocycles. The Balaban J connectivity index is 4.53. The number of carbonyl (C=O) groups excluding carboxylic acids is 1. The van der Waals surface area contributed by atoms with Crippen molar-refractivity contribution in [3.05, 3.63) is 0 Å². The maximum absolute atomic E-state index is 11.3. The molecule has 0 aliphatic rings. The highest BCUT2D eigenvalue weighted by Gasteiger charge is 2.25. The molecule has 0 saturated carbocycles. The zero-order chi connectivity index (χ0) is 11.1. The van der Waals surface area contributed by atoms with E-state index in [2.05, 4.69) is 0 Å². The smallest absolute Gasteiger partial charge is 0.315 e. The molecule has 1 unspecified atom stereocenters. The normalized spacial score (nSPS) is 10.8. The van der Waals surface area contributed by atoms with Gasteiger partial charge in [-0.2, -0.15) is 10.5 Å². The van der Waals surface area contributed by atoms with Gasteiger partial charge in [-0.15, -0.1) is 0 Å². The molecular formula is C8H9N3O3. The summed E-state index contributed by atoms with van der Waals surface area (Å²) in [7, 11) is 0. The number of hydrogen-bond donors (Lipinski definition) is 1. The Kier molecular flexibility index (Phi) is 4.72. The van der Waals surface area contributed by atoms with Gasteiger partial charge in [0, 0.05) is 0 Å². The number of hydrogen-bond acceptors (Lipinski definition) is 4. The van der Waals surface area contributed by atoms with Crippen LogP contribution in [0.25, 0.3) is 0 Å². The van der Waals surface area contributed by atoms with E-state index in [0.29, 0.717) is 0 Å². The molecule has 0 aromatic carbocycles. The minimum Gasteiger partial charge on any atom is -0.481 e. The van der Waals surface area contributed by atoms with Crippen molar-refractivity contribution in [1.82, 2.24) is 4.90 Å². The van der Waals surface area contributed by atoms with E-state index in [1.807, 2.05) is 0 Å². The molecule has 74 valence electrons. The third kappa shape index (κ3) is 3.11. The molecule has 1 atom stereocenters. The summed E-state index contributed by atoms with van der Waals surface area (Å²) in [5.74, 6) is -3.21. The van der Waals surface area contributed by atoms with Crippen LogP contribution in [0.1, 0.15) is 6.92 Å². The Morgan fingerprint density at radius 3 is 2.07 bits per heavy atom. The Morgan fingerprint density at radius 2 is 1.79 bits per heavy atom. The lowest BCUT2D eigenvalue weighted by atomic mass is 10.1. The average Bonchev–Trinajstić information content (AvgIpc) is 2.15. The number of nitrogens with zero attached hydrogens (tertiary/aromatic N) is 3. The summed E-state index contributed by atoms with van der Waals surface area (Å²) < 4.78 is 0. The first-order chi connectivity index (χ1) is 6.54. The number of aliphatic carboxylic acids is 1. The second-order valence-electron chi connectivity index (χ2n) is 2.57. The summed E-state index contributed by atoms with van der Waals surface area (Å²) in [6.07, 6.45) is 0. The van der Waals surface area contributed by atoms with Crippen molar-refractivity contribution in [1.29, 1.82) is 10.5 Å². The number of rotatable bonds is 4. The molecule has 0 radical (unpaired) electrons. The lowest BCUT2D eigenvalue weighted by molar-refractivity contribution is -0.149. The Hall–Kier alpha value is -2.08. The average molecular weight is 195 g/mol. The molecular weight excluding hydrogens is 186 g/mol. The van der Waals surface area contributed by atoms with Crippen LogP contribution in [0.15, 0.2) is 0 Å². The van der Waals surface area contributed by atoms with Gasteiger partial charge in [0.15, 0.2) is 0 Å². The number of carboxylic acids is 1. The summed E-state index contributed by atoms with van der Waals surface area (Å²) in [5.41, 5.74) is 0.